The topological polar surface area (TPSA) is 0 Å². The van der Waals surface area contributed by atoms with E-state index in [0.29, 0.717) is 0 Å². The first kappa shape index (κ1) is 13.3. The Hall–Kier alpha value is 0.260. The molecule has 0 nitrogen and oxygen atoms in total. The maximum Gasteiger partial charge on any atom is 0.389 e. The summed E-state index contributed by atoms with van der Waals surface area (Å²) in [7, 11) is 0. The van der Waals surface area contributed by atoms with Gasteiger partial charge >= 0.3 is 6.18 Å². The number of hydrogen-bond donors (Lipinski definition) is 0. The van der Waals surface area contributed by atoms with Gasteiger partial charge in [-0.3, -0.25) is 0 Å². The molecule has 0 aliphatic carbocycles. The standard InChI is InChI=1S/C9H9BrClF3S/c1-5-6(10)4-8(15-5)7(11)2-3-9(12,13)14/h4,7H,2-3H2,1H3. The number of hydrogen-bond acceptors (Lipinski definition) is 1. The summed E-state index contributed by atoms with van der Waals surface area (Å²) >= 11 is 10.6. The molecule has 0 fully saturated rings. The fourth-order valence-corrected chi connectivity index (χ4v) is 2.95. The summed E-state index contributed by atoms with van der Waals surface area (Å²) in [6, 6.07) is 1.79. The molecule has 0 N–H and O–H groups in total. The van der Waals surface area contributed by atoms with Crippen LogP contribution in [0.15, 0.2) is 10.5 Å². The molecule has 0 aliphatic rings. The average molecular weight is 322 g/mol. The third kappa shape index (κ3) is 4.33. The molecule has 0 aliphatic heterocycles. The molecule has 15 heavy (non-hydrogen) atoms. The zero-order chi connectivity index (χ0) is 11.6. The Balaban J connectivity index is 2.58. The zero-order valence-electron chi connectivity index (χ0n) is 7.87. The van der Waals surface area contributed by atoms with Gasteiger partial charge in [-0.05, 0) is 35.3 Å². The molecular weight excluding hydrogens is 313 g/mol. The molecule has 0 bridgehead atoms. The van der Waals surface area contributed by atoms with E-state index in [0.717, 1.165) is 14.2 Å². The van der Waals surface area contributed by atoms with Gasteiger partial charge in [0.2, 0.25) is 0 Å². The van der Waals surface area contributed by atoms with Gasteiger partial charge in [0.15, 0.2) is 0 Å². The number of halogens is 5. The number of rotatable bonds is 3. The van der Waals surface area contributed by atoms with Crippen molar-refractivity contribution in [3.05, 3.63) is 20.3 Å². The van der Waals surface area contributed by atoms with Crippen molar-refractivity contribution in [3.8, 4) is 0 Å². The van der Waals surface area contributed by atoms with Gasteiger partial charge in [-0.15, -0.1) is 22.9 Å². The van der Waals surface area contributed by atoms with Gasteiger partial charge in [-0.25, -0.2) is 0 Å². The molecule has 0 spiro atoms. The third-order valence-electron chi connectivity index (χ3n) is 1.87. The Morgan fingerprint density at radius 2 is 2.13 bits per heavy atom. The summed E-state index contributed by atoms with van der Waals surface area (Å²) < 4.78 is 36.8. The molecule has 6 heteroatoms. The van der Waals surface area contributed by atoms with Crippen LogP contribution >= 0.6 is 38.9 Å². The average Bonchev–Trinajstić information content (AvgIpc) is 2.42. The van der Waals surface area contributed by atoms with Crippen LogP contribution < -0.4 is 0 Å². The molecule has 1 unspecified atom stereocenters. The van der Waals surface area contributed by atoms with Crippen LogP contribution in [0.5, 0.6) is 0 Å². The molecular formula is C9H9BrClF3S. The molecule has 0 saturated heterocycles. The van der Waals surface area contributed by atoms with Crippen LogP contribution in [0.25, 0.3) is 0 Å². The number of aryl methyl sites for hydroxylation is 1. The quantitative estimate of drug-likeness (QED) is 0.650. The maximum atomic E-state index is 12.0. The fourth-order valence-electron chi connectivity index (χ4n) is 1.07. The van der Waals surface area contributed by atoms with E-state index in [2.05, 4.69) is 15.9 Å². The summed E-state index contributed by atoms with van der Waals surface area (Å²) in [5, 5.41) is -0.554. The van der Waals surface area contributed by atoms with E-state index in [1.165, 1.54) is 11.3 Å². The lowest BCUT2D eigenvalue weighted by Gasteiger charge is -2.09. The SMILES string of the molecule is Cc1sc(C(Cl)CCC(F)(F)F)cc1Br. The van der Waals surface area contributed by atoms with Crippen LogP contribution in [0, 0.1) is 6.92 Å². The first-order valence-electron chi connectivity index (χ1n) is 4.26. The van der Waals surface area contributed by atoms with Crippen LogP contribution in [0.2, 0.25) is 0 Å². The van der Waals surface area contributed by atoms with E-state index in [-0.39, 0.29) is 6.42 Å². The molecule has 1 rings (SSSR count). The van der Waals surface area contributed by atoms with Gasteiger partial charge in [0.05, 0.1) is 5.38 Å². The lowest BCUT2D eigenvalue weighted by molar-refractivity contribution is -0.135. The zero-order valence-corrected chi connectivity index (χ0v) is 11.0. The molecule has 1 heterocycles. The molecule has 86 valence electrons. The smallest absolute Gasteiger partial charge is 0.171 e. The van der Waals surface area contributed by atoms with Gasteiger partial charge in [-0.2, -0.15) is 13.2 Å². The first-order chi connectivity index (χ1) is 6.79. The Morgan fingerprint density at radius 3 is 2.53 bits per heavy atom. The van der Waals surface area contributed by atoms with Gasteiger partial charge < -0.3 is 0 Å². The Labute approximate surface area is 104 Å². The fraction of sp³-hybridized carbons (Fsp3) is 0.556. The van der Waals surface area contributed by atoms with Gasteiger partial charge in [0, 0.05) is 20.6 Å². The van der Waals surface area contributed by atoms with E-state index in [1.54, 1.807) is 6.07 Å². The van der Waals surface area contributed by atoms with Crippen molar-refractivity contribution in [3.63, 3.8) is 0 Å². The van der Waals surface area contributed by atoms with Crippen molar-refractivity contribution in [2.75, 3.05) is 0 Å². The van der Waals surface area contributed by atoms with E-state index in [1.807, 2.05) is 6.92 Å². The third-order valence-corrected chi connectivity index (χ3v) is 4.70. The van der Waals surface area contributed by atoms with E-state index < -0.39 is 18.0 Å². The molecule has 1 aromatic rings. The summed E-state index contributed by atoms with van der Waals surface area (Å²) in [6.07, 6.45) is -5.04. The molecule has 0 radical (unpaired) electrons. The van der Waals surface area contributed by atoms with Crippen molar-refractivity contribution < 1.29 is 13.2 Å². The maximum absolute atomic E-state index is 12.0. The van der Waals surface area contributed by atoms with Gasteiger partial charge in [0.1, 0.15) is 0 Å². The van der Waals surface area contributed by atoms with Crippen molar-refractivity contribution in [2.24, 2.45) is 0 Å². The summed E-state index contributed by atoms with van der Waals surface area (Å²) in [5.41, 5.74) is 0. The van der Waals surface area contributed by atoms with Gasteiger partial charge in [-0.1, -0.05) is 0 Å². The van der Waals surface area contributed by atoms with Crippen LogP contribution in [0.1, 0.15) is 28.0 Å². The van der Waals surface area contributed by atoms with E-state index in [4.69, 9.17) is 11.6 Å². The van der Waals surface area contributed by atoms with Crippen molar-refractivity contribution in [1.29, 1.82) is 0 Å². The molecule has 0 saturated carbocycles. The van der Waals surface area contributed by atoms with E-state index in [9.17, 15) is 13.2 Å². The Bertz CT molecular complexity index is 315. The highest BCUT2D eigenvalue weighted by atomic mass is 79.9. The lowest BCUT2D eigenvalue weighted by atomic mass is 10.2. The minimum atomic E-state index is -4.13. The Kier molecular flexibility index (Phi) is 4.50. The van der Waals surface area contributed by atoms with Crippen LogP contribution in [-0.4, -0.2) is 6.18 Å². The summed E-state index contributed by atoms with van der Waals surface area (Å²) in [5.74, 6) is 0. The molecule has 1 aromatic heterocycles. The number of thiophene rings is 1. The van der Waals surface area contributed by atoms with Crippen LogP contribution in [0.3, 0.4) is 0 Å². The molecule has 1 atom stereocenters. The monoisotopic (exact) mass is 320 g/mol. The predicted molar refractivity (Wildman–Crippen MR) is 60.6 cm³/mol. The van der Waals surface area contributed by atoms with Crippen LogP contribution in [-0.2, 0) is 0 Å². The highest BCUT2D eigenvalue weighted by Crippen LogP contribution is 2.37. The van der Waals surface area contributed by atoms with Crippen molar-refractivity contribution in [1.82, 2.24) is 0 Å². The van der Waals surface area contributed by atoms with Crippen molar-refractivity contribution >= 4 is 38.9 Å². The van der Waals surface area contributed by atoms with E-state index >= 15 is 0 Å². The highest BCUT2D eigenvalue weighted by molar-refractivity contribution is 9.10. The predicted octanol–water partition coefficient (Wildman–Crippen LogP) is 5.44. The number of alkyl halides is 4. The normalized spacial score (nSPS) is 14.3. The molecule has 0 aromatic carbocycles. The Morgan fingerprint density at radius 1 is 1.53 bits per heavy atom. The summed E-state index contributed by atoms with van der Waals surface area (Å²) in [4.78, 5) is 1.81. The lowest BCUT2D eigenvalue weighted by Crippen LogP contribution is -2.07. The minimum absolute atomic E-state index is 0.0720. The van der Waals surface area contributed by atoms with Gasteiger partial charge in [0.25, 0.3) is 0 Å². The minimum Gasteiger partial charge on any atom is -0.171 e. The second kappa shape index (κ2) is 5.06. The molecule has 0 amide bonds. The van der Waals surface area contributed by atoms with Crippen LogP contribution in [0.4, 0.5) is 13.2 Å². The first-order valence-corrected chi connectivity index (χ1v) is 6.31. The largest absolute Gasteiger partial charge is 0.389 e. The second-order valence-electron chi connectivity index (χ2n) is 3.17. The second-order valence-corrected chi connectivity index (χ2v) is 5.84. The van der Waals surface area contributed by atoms with Crippen molar-refractivity contribution in [2.45, 2.75) is 31.3 Å². The summed E-state index contributed by atoms with van der Waals surface area (Å²) in [6.45, 7) is 1.89. The highest BCUT2D eigenvalue weighted by Gasteiger charge is 2.28.